The monoisotopic (exact) mass is 362 g/mol. The number of furan rings is 1. The third kappa shape index (κ3) is 3.04. The number of carbonyl (C=O) groups excluding carboxylic acids is 2. The van der Waals surface area contributed by atoms with Crippen LogP contribution in [-0.4, -0.2) is 34.8 Å². The molecule has 27 heavy (non-hydrogen) atoms. The van der Waals surface area contributed by atoms with Gasteiger partial charge in [-0.15, -0.1) is 0 Å². The summed E-state index contributed by atoms with van der Waals surface area (Å²) >= 11 is 0. The predicted octanol–water partition coefficient (Wildman–Crippen LogP) is 2.87. The van der Waals surface area contributed by atoms with Crippen molar-refractivity contribution in [2.24, 2.45) is 0 Å². The summed E-state index contributed by atoms with van der Waals surface area (Å²) in [5.41, 5.74) is 0.830. The molecule has 0 bridgehead atoms. The molecule has 0 spiro atoms. The van der Waals surface area contributed by atoms with Crippen LogP contribution in [0.1, 0.15) is 23.0 Å². The number of imide groups is 1. The summed E-state index contributed by atoms with van der Waals surface area (Å²) < 4.78 is 5.69. The number of nitrogens with zero attached hydrogens (tertiary/aromatic N) is 2. The molecular formula is C20H14N2O5. The van der Waals surface area contributed by atoms with Crippen LogP contribution in [-0.2, 0) is 9.59 Å². The van der Waals surface area contributed by atoms with Crippen molar-refractivity contribution in [1.82, 2.24) is 4.90 Å². The smallest absolute Gasteiger partial charge is 0.336 e. The molecule has 2 heterocycles. The van der Waals surface area contributed by atoms with Gasteiger partial charge in [0.2, 0.25) is 0 Å². The van der Waals surface area contributed by atoms with Gasteiger partial charge in [-0.3, -0.25) is 14.5 Å². The van der Waals surface area contributed by atoms with E-state index in [1.54, 1.807) is 30.3 Å². The number of rotatable bonds is 3. The minimum Gasteiger partial charge on any atom is -0.478 e. The van der Waals surface area contributed by atoms with E-state index in [0.29, 0.717) is 17.1 Å². The van der Waals surface area contributed by atoms with Gasteiger partial charge in [0.25, 0.3) is 11.8 Å². The summed E-state index contributed by atoms with van der Waals surface area (Å²) in [7, 11) is 1.30. The van der Waals surface area contributed by atoms with E-state index in [9.17, 15) is 24.8 Å². The first kappa shape index (κ1) is 17.9. The molecule has 0 atom stereocenters. The first-order chi connectivity index (χ1) is 12.8. The maximum absolute atomic E-state index is 12.4. The quantitative estimate of drug-likeness (QED) is 0.664. The van der Waals surface area contributed by atoms with E-state index in [1.165, 1.54) is 26.1 Å². The predicted molar refractivity (Wildman–Crippen MR) is 95.2 cm³/mol. The molecule has 134 valence electrons. The lowest BCUT2D eigenvalue weighted by Gasteiger charge is -2.23. The van der Waals surface area contributed by atoms with Crippen LogP contribution in [0.3, 0.4) is 0 Å². The summed E-state index contributed by atoms with van der Waals surface area (Å²) in [4.78, 5) is 36.6. The van der Waals surface area contributed by atoms with Crippen LogP contribution in [0, 0.1) is 11.3 Å². The molecule has 1 aromatic heterocycles. The number of carboxylic acid groups (broad SMARTS) is 1. The van der Waals surface area contributed by atoms with Gasteiger partial charge in [-0.2, -0.15) is 5.26 Å². The Morgan fingerprint density at radius 3 is 2.56 bits per heavy atom. The van der Waals surface area contributed by atoms with Crippen LogP contribution in [0.5, 0.6) is 0 Å². The van der Waals surface area contributed by atoms with Crippen molar-refractivity contribution in [2.45, 2.75) is 6.92 Å². The molecule has 1 N–H and O–H groups in total. The SMILES string of the molecule is CC1=C(C#N)C(=O)N(C)C(=O)/C1=C\c1ccc(-c2ccccc2C(=O)O)o1. The van der Waals surface area contributed by atoms with Gasteiger partial charge in [0.15, 0.2) is 0 Å². The van der Waals surface area contributed by atoms with E-state index < -0.39 is 17.8 Å². The molecule has 2 aromatic rings. The molecular weight excluding hydrogens is 348 g/mol. The van der Waals surface area contributed by atoms with Crippen LogP contribution >= 0.6 is 0 Å². The number of benzene rings is 1. The first-order valence-electron chi connectivity index (χ1n) is 7.93. The van der Waals surface area contributed by atoms with Crippen LogP contribution in [0.25, 0.3) is 17.4 Å². The second-order valence-corrected chi connectivity index (χ2v) is 5.89. The average molecular weight is 362 g/mol. The second kappa shape index (κ2) is 6.77. The van der Waals surface area contributed by atoms with E-state index in [4.69, 9.17) is 4.42 Å². The van der Waals surface area contributed by atoms with Gasteiger partial charge in [0, 0.05) is 18.2 Å². The maximum Gasteiger partial charge on any atom is 0.336 e. The minimum absolute atomic E-state index is 0.0907. The lowest BCUT2D eigenvalue weighted by atomic mass is 9.95. The largest absolute Gasteiger partial charge is 0.478 e. The Morgan fingerprint density at radius 2 is 1.89 bits per heavy atom. The third-order valence-electron chi connectivity index (χ3n) is 4.28. The number of amides is 2. The molecule has 3 rings (SSSR count). The second-order valence-electron chi connectivity index (χ2n) is 5.89. The number of nitriles is 1. The van der Waals surface area contributed by atoms with Gasteiger partial charge in [0.1, 0.15) is 23.2 Å². The molecule has 0 fully saturated rings. The summed E-state index contributed by atoms with van der Waals surface area (Å²) in [5, 5.41) is 18.5. The fraction of sp³-hybridized carbons (Fsp3) is 0.100. The Balaban J connectivity index is 2.07. The highest BCUT2D eigenvalue weighted by Gasteiger charge is 2.33. The van der Waals surface area contributed by atoms with Crippen molar-refractivity contribution < 1.29 is 23.9 Å². The van der Waals surface area contributed by atoms with Crippen molar-refractivity contribution in [2.75, 3.05) is 7.05 Å². The number of likely N-dealkylation sites (N-methyl/N-ethyl adjacent to an activating group) is 1. The van der Waals surface area contributed by atoms with Crippen molar-refractivity contribution in [3.63, 3.8) is 0 Å². The van der Waals surface area contributed by atoms with Crippen LogP contribution in [0.15, 0.2) is 57.5 Å². The Hall–Kier alpha value is -3.92. The van der Waals surface area contributed by atoms with Crippen molar-refractivity contribution in [3.05, 3.63) is 64.4 Å². The topological polar surface area (TPSA) is 112 Å². The molecule has 2 amide bonds. The standard InChI is InChI=1S/C20H14N2O5/c1-11-15(18(23)22(2)19(24)16(11)10-21)9-12-7-8-17(27-12)13-5-3-4-6-14(13)20(25)26/h3-9H,1-2H3,(H,25,26)/b15-9-. The van der Waals surface area contributed by atoms with Gasteiger partial charge in [0.05, 0.1) is 5.56 Å². The van der Waals surface area contributed by atoms with Crippen LogP contribution in [0.2, 0.25) is 0 Å². The van der Waals surface area contributed by atoms with E-state index in [2.05, 4.69) is 0 Å². The van der Waals surface area contributed by atoms with Crippen molar-refractivity contribution in [3.8, 4) is 17.4 Å². The summed E-state index contributed by atoms with van der Waals surface area (Å²) in [6.07, 6.45) is 1.44. The van der Waals surface area contributed by atoms with Gasteiger partial charge >= 0.3 is 5.97 Å². The fourth-order valence-electron chi connectivity index (χ4n) is 2.80. The molecule has 0 aliphatic carbocycles. The highest BCUT2D eigenvalue weighted by Crippen LogP contribution is 2.30. The molecule has 0 saturated heterocycles. The van der Waals surface area contributed by atoms with E-state index in [-0.39, 0.29) is 22.3 Å². The molecule has 0 unspecified atom stereocenters. The highest BCUT2D eigenvalue weighted by atomic mass is 16.4. The zero-order valence-corrected chi connectivity index (χ0v) is 14.5. The molecule has 7 nitrogen and oxygen atoms in total. The molecule has 1 aliphatic heterocycles. The normalized spacial score (nSPS) is 16.0. The zero-order chi connectivity index (χ0) is 19.7. The molecule has 0 saturated carbocycles. The Morgan fingerprint density at radius 1 is 1.19 bits per heavy atom. The number of carbonyl (C=O) groups is 3. The fourth-order valence-corrected chi connectivity index (χ4v) is 2.80. The first-order valence-corrected chi connectivity index (χ1v) is 7.93. The number of aromatic carboxylic acids is 1. The van der Waals surface area contributed by atoms with Crippen molar-refractivity contribution in [1.29, 1.82) is 5.26 Å². The van der Waals surface area contributed by atoms with Gasteiger partial charge in [-0.1, -0.05) is 18.2 Å². The third-order valence-corrected chi connectivity index (χ3v) is 4.28. The Kier molecular flexibility index (Phi) is 4.48. The number of carboxylic acids is 1. The average Bonchev–Trinajstić information content (AvgIpc) is 3.12. The summed E-state index contributed by atoms with van der Waals surface area (Å²) in [6, 6.07) is 11.4. The number of hydrogen-bond donors (Lipinski definition) is 1. The molecule has 1 aromatic carbocycles. The lowest BCUT2D eigenvalue weighted by molar-refractivity contribution is -0.138. The lowest BCUT2D eigenvalue weighted by Crippen LogP contribution is -2.39. The van der Waals surface area contributed by atoms with Crippen LogP contribution in [0.4, 0.5) is 0 Å². The zero-order valence-electron chi connectivity index (χ0n) is 14.5. The number of hydrogen-bond acceptors (Lipinski definition) is 5. The van der Waals surface area contributed by atoms with E-state index in [0.717, 1.165) is 4.90 Å². The Bertz CT molecular complexity index is 1080. The van der Waals surface area contributed by atoms with Crippen LogP contribution < -0.4 is 0 Å². The van der Waals surface area contributed by atoms with E-state index in [1.807, 2.05) is 6.07 Å². The van der Waals surface area contributed by atoms with Gasteiger partial charge < -0.3 is 9.52 Å². The summed E-state index contributed by atoms with van der Waals surface area (Å²) in [5.74, 6) is -1.64. The van der Waals surface area contributed by atoms with E-state index >= 15 is 0 Å². The van der Waals surface area contributed by atoms with Gasteiger partial charge in [-0.25, -0.2) is 4.79 Å². The maximum atomic E-state index is 12.4. The molecule has 7 heteroatoms. The highest BCUT2D eigenvalue weighted by molar-refractivity contribution is 6.19. The van der Waals surface area contributed by atoms with Crippen molar-refractivity contribution >= 4 is 23.9 Å². The minimum atomic E-state index is -1.08. The van der Waals surface area contributed by atoms with Gasteiger partial charge in [-0.05, 0) is 36.8 Å². The molecule has 0 radical (unpaired) electrons. The molecule has 1 aliphatic rings. The Labute approximate surface area is 154 Å². The summed E-state index contributed by atoms with van der Waals surface area (Å²) in [6.45, 7) is 1.52.